The number of aromatic nitrogens is 1. The van der Waals surface area contributed by atoms with E-state index in [1.54, 1.807) is 0 Å². The molecule has 0 radical (unpaired) electrons. The number of nitrogens with two attached hydrogens (primary N) is 1. The molecule has 0 saturated heterocycles. The molecule has 2 aliphatic rings. The summed E-state index contributed by atoms with van der Waals surface area (Å²) in [6, 6.07) is 2.03. The summed E-state index contributed by atoms with van der Waals surface area (Å²) < 4.78 is 5.98. The van der Waals surface area contributed by atoms with Crippen LogP contribution in [-0.2, 0) is 6.42 Å². The summed E-state index contributed by atoms with van der Waals surface area (Å²) in [6.07, 6.45) is 4.78. The van der Waals surface area contributed by atoms with Gasteiger partial charge in [0, 0.05) is 24.2 Å². The molecular formula is C16H24N2O2. The highest BCUT2D eigenvalue weighted by Gasteiger charge is 2.52. The monoisotopic (exact) mass is 276 g/mol. The van der Waals surface area contributed by atoms with Crippen molar-refractivity contribution in [2.24, 2.45) is 11.1 Å². The average Bonchev–Trinajstić information content (AvgIpc) is 2.35. The number of nitrogens with zero attached hydrogens (tertiary/aromatic N) is 1. The fraction of sp³-hybridized carbons (Fsp3) is 0.688. The van der Waals surface area contributed by atoms with Crippen LogP contribution in [0, 0.1) is 5.41 Å². The third-order valence-electron chi connectivity index (χ3n) is 4.38. The first-order valence-electron chi connectivity index (χ1n) is 7.41. The molecule has 3 N–H and O–H groups in total. The first-order valence-corrected chi connectivity index (χ1v) is 7.41. The van der Waals surface area contributed by atoms with Gasteiger partial charge in [-0.15, -0.1) is 0 Å². The Morgan fingerprint density at radius 1 is 1.50 bits per heavy atom. The standard InChI is InChI=1S/C16H24N2O2/c1-15(2,3)7-10-6-11-12(17)8-16(5-4-13(16)19)20-14(11)18-9-10/h6,9,12-13,19H,4-5,7-8,17H2,1-3H3/t12-,13+,16-/m0/s1. The van der Waals surface area contributed by atoms with E-state index in [0.29, 0.717) is 12.3 Å². The lowest BCUT2D eigenvalue weighted by molar-refractivity contribution is -0.142. The first-order chi connectivity index (χ1) is 9.29. The minimum absolute atomic E-state index is 0.0962. The predicted octanol–water partition coefficient (Wildman–Crippen LogP) is 2.35. The second-order valence-electron chi connectivity index (χ2n) is 7.51. The van der Waals surface area contributed by atoms with Crippen LogP contribution in [0.15, 0.2) is 12.3 Å². The van der Waals surface area contributed by atoms with E-state index in [0.717, 1.165) is 24.8 Å². The molecular weight excluding hydrogens is 252 g/mol. The molecule has 4 nitrogen and oxygen atoms in total. The third kappa shape index (κ3) is 2.31. The molecule has 1 fully saturated rings. The summed E-state index contributed by atoms with van der Waals surface area (Å²) >= 11 is 0. The van der Waals surface area contributed by atoms with Crippen LogP contribution in [0.25, 0.3) is 0 Å². The number of aliphatic hydroxyl groups excluding tert-OH is 1. The number of hydrogen-bond acceptors (Lipinski definition) is 4. The van der Waals surface area contributed by atoms with Gasteiger partial charge >= 0.3 is 0 Å². The van der Waals surface area contributed by atoms with Crippen molar-refractivity contribution in [1.82, 2.24) is 4.98 Å². The predicted molar refractivity (Wildman–Crippen MR) is 77.5 cm³/mol. The van der Waals surface area contributed by atoms with Gasteiger partial charge in [-0.05, 0) is 36.3 Å². The lowest BCUT2D eigenvalue weighted by atomic mass is 9.71. The topological polar surface area (TPSA) is 68.4 Å². The molecule has 0 aromatic carbocycles. The Labute approximate surface area is 120 Å². The van der Waals surface area contributed by atoms with E-state index in [4.69, 9.17) is 10.5 Å². The van der Waals surface area contributed by atoms with E-state index >= 15 is 0 Å². The zero-order valence-corrected chi connectivity index (χ0v) is 12.5. The van der Waals surface area contributed by atoms with Gasteiger partial charge in [-0.3, -0.25) is 0 Å². The first kappa shape index (κ1) is 13.8. The summed E-state index contributed by atoms with van der Waals surface area (Å²) in [4.78, 5) is 4.45. The molecule has 2 heterocycles. The van der Waals surface area contributed by atoms with Crippen molar-refractivity contribution in [2.75, 3.05) is 0 Å². The highest BCUT2D eigenvalue weighted by Crippen LogP contribution is 2.47. The van der Waals surface area contributed by atoms with Gasteiger partial charge in [0.2, 0.25) is 5.88 Å². The maximum Gasteiger partial charge on any atom is 0.218 e. The smallest absolute Gasteiger partial charge is 0.218 e. The number of ether oxygens (including phenoxy) is 1. The normalized spacial score (nSPS) is 32.5. The molecule has 1 saturated carbocycles. The maximum atomic E-state index is 9.97. The van der Waals surface area contributed by atoms with E-state index in [2.05, 4.69) is 31.8 Å². The largest absolute Gasteiger partial charge is 0.468 e. The molecule has 0 amide bonds. The fourth-order valence-corrected chi connectivity index (χ4v) is 3.24. The van der Waals surface area contributed by atoms with E-state index in [9.17, 15) is 5.11 Å². The minimum Gasteiger partial charge on any atom is -0.468 e. The van der Waals surface area contributed by atoms with E-state index in [-0.39, 0.29) is 11.5 Å². The lowest BCUT2D eigenvalue weighted by Crippen LogP contribution is -2.59. The molecule has 1 aromatic heterocycles. The average molecular weight is 276 g/mol. The second-order valence-corrected chi connectivity index (χ2v) is 7.51. The maximum absolute atomic E-state index is 9.97. The Morgan fingerprint density at radius 2 is 2.25 bits per heavy atom. The SMILES string of the molecule is CC(C)(C)Cc1cnc2c(c1)[C@@H](N)C[C@]1(CC[C@H]1O)O2. The Morgan fingerprint density at radius 3 is 2.80 bits per heavy atom. The molecule has 20 heavy (non-hydrogen) atoms. The zero-order valence-electron chi connectivity index (χ0n) is 12.5. The van der Waals surface area contributed by atoms with Gasteiger partial charge in [0.05, 0.1) is 6.10 Å². The van der Waals surface area contributed by atoms with Crippen LogP contribution < -0.4 is 10.5 Å². The van der Waals surface area contributed by atoms with Crippen molar-refractivity contribution in [2.45, 2.75) is 64.2 Å². The molecule has 4 heteroatoms. The van der Waals surface area contributed by atoms with Crippen molar-refractivity contribution in [3.63, 3.8) is 0 Å². The highest BCUT2D eigenvalue weighted by molar-refractivity contribution is 5.37. The summed E-state index contributed by atoms with van der Waals surface area (Å²) in [7, 11) is 0. The van der Waals surface area contributed by atoms with Crippen molar-refractivity contribution in [3.8, 4) is 5.88 Å². The van der Waals surface area contributed by atoms with E-state index in [1.807, 2.05) is 6.20 Å². The Kier molecular flexibility index (Phi) is 3.07. The lowest BCUT2D eigenvalue weighted by Gasteiger charge is -2.50. The van der Waals surface area contributed by atoms with Crippen molar-refractivity contribution >= 4 is 0 Å². The Bertz CT molecular complexity index is 524. The van der Waals surface area contributed by atoms with Gasteiger partial charge in [0.1, 0.15) is 5.60 Å². The number of rotatable bonds is 1. The number of pyridine rings is 1. The third-order valence-corrected chi connectivity index (χ3v) is 4.38. The summed E-state index contributed by atoms with van der Waals surface area (Å²) in [5, 5.41) is 9.97. The van der Waals surface area contributed by atoms with Crippen LogP contribution in [0.2, 0.25) is 0 Å². The van der Waals surface area contributed by atoms with Crippen LogP contribution >= 0.6 is 0 Å². The number of hydrogen-bond donors (Lipinski definition) is 2. The Hall–Kier alpha value is -1.13. The van der Waals surface area contributed by atoms with Crippen molar-refractivity contribution < 1.29 is 9.84 Å². The molecule has 1 aliphatic carbocycles. The number of fused-ring (bicyclic) bond motifs is 1. The van der Waals surface area contributed by atoms with Crippen LogP contribution in [0.3, 0.4) is 0 Å². The second kappa shape index (κ2) is 4.43. The van der Waals surface area contributed by atoms with E-state index in [1.165, 1.54) is 5.56 Å². The van der Waals surface area contributed by atoms with Gasteiger partial charge in [-0.25, -0.2) is 4.98 Å². The van der Waals surface area contributed by atoms with Crippen molar-refractivity contribution in [1.29, 1.82) is 0 Å². The Balaban J connectivity index is 1.88. The van der Waals surface area contributed by atoms with Crippen LogP contribution in [0.5, 0.6) is 5.88 Å². The highest BCUT2D eigenvalue weighted by atomic mass is 16.5. The summed E-state index contributed by atoms with van der Waals surface area (Å²) in [5.74, 6) is 0.611. The molecule has 3 atom stereocenters. The van der Waals surface area contributed by atoms with Gasteiger partial charge < -0.3 is 15.6 Å². The zero-order chi connectivity index (χ0) is 14.5. The number of aliphatic hydroxyl groups is 1. The summed E-state index contributed by atoms with van der Waals surface area (Å²) in [5.41, 5.74) is 8.21. The molecule has 1 aliphatic heterocycles. The molecule has 1 spiro atoms. The quantitative estimate of drug-likeness (QED) is 0.826. The van der Waals surface area contributed by atoms with E-state index < -0.39 is 11.7 Å². The van der Waals surface area contributed by atoms with Crippen molar-refractivity contribution in [3.05, 3.63) is 23.4 Å². The molecule has 0 unspecified atom stereocenters. The van der Waals surface area contributed by atoms with Gasteiger partial charge in [-0.1, -0.05) is 20.8 Å². The van der Waals surface area contributed by atoms with Crippen LogP contribution in [0.1, 0.15) is 57.2 Å². The van der Waals surface area contributed by atoms with Gasteiger partial charge in [0.15, 0.2) is 0 Å². The molecule has 110 valence electrons. The minimum atomic E-state index is -0.481. The molecule has 3 rings (SSSR count). The summed E-state index contributed by atoms with van der Waals surface area (Å²) in [6.45, 7) is 6.63. The van der Waals surface area contributed by atoms with Gasteiger partial charge in [0.25, 0.3) is 0 Å². The van der Waals surface area contributed by atoms with Gasteiger partial charge in [-0.2, -0.15) is 0 Å². The van der Waals surface area contributed by atoms with Crippen LogP contribution in [0.4, 0.5) is 0 Å². The molecule has 0 bridgehead atoms. The fourth-order valence-electron chi connectivity index (χ4n) is 3.24. The molecule has 1 aromatic rings. The van der Waals surface area contributed by atoms with Crippen LogP contribution in [-0.4, -0.2) is 21.8 Å².